The first-order valence-corrected chi connectivity index (χ1v) is 6.06. The Morgan fingerprint density at radius 3 is 2.79 bits per heavy atom. The third-order valence-corrected chi connectivity index (χ3v) is 2.65. The molecule has 1 atom stereocenters. The lowest BCUT2D eigenvalue weighted by atomic mass is 10.3. The smallest absolute Gasteiger partial charge is 0.128 e. The largest absolute Gasteiger partial charge is 0.373 e. The number of nitrogens with zero attached hydrogens (tertiary/aromatic N) is 1. The van der Waals surface area contributed by atoms with Gasteiger partial charge in [0.2, 0.25) is 0 Å². The van der Waals surface area contributed by atoms with Crippen molar-refractivity contribution in [3.63, 3.8) is 0 Å². The first-order valence-electron chi connectivity index (χ1n) is 4.66. The van der Waals surface area contributed by atoms with Gasteiger partial charge < -0.3 is 10.6 Å². The van der Waals surface area contributed by atoms with Crippen molar-refractivity contribution in [1.82, 2.24) is 4.98 Å². The summed E-state index contributed by atoms with van der Waals surface area (Å²) in [6.45, 7) is 2.16. The zero-order valence-electron chi connectivity index (χ0n) is 8.87. The van der Waals surface area contributed by atoms with Gasteiger partial charge in [-0.15, -0.1) is 0 Å². The van der Waals surface area contributed by atoms with E-state index >= 15 is 0 Å². The van der Waals surface area contributed by atoms with E-state index in [0.29, 0.717) is 6.04 Å². The molecule has 0 fully saturated rings. The van der Waals surface area contributed by atoms with Crippen LogP contribution in [-0.2, 0) is 0 Å². The predicted octanol–water partition coefficient (Wildman–Crippen LogP) is 2.29. The molecule has 0 saturated carbocycles. The van der Waals surface area contributed by atoms with Crippen LogP contribution >= 0.6 is 11.8 Å². The van der Waals surface area contributed by atoms with Crippen molar-refractivity contribution in [2.45, 2.75) is 13.0 Å². The van der Waals surface area contributed by atoms with Gasteiger partial charge in [-0.1, -0.05) is 6.07 Å². The number of hydrogen-bond donors (Lipinski definition) is 2. The summed E-state index contributed by atoms with van der Waals surface area (Å²) in [6.07, 6.45) is 2.11. The predicted molar refractivity (Wildman–Crippen MR) is 65.3 cm³/mol. The number of pyridine rings is 1. The van der Waals surface area contributed by atoms with Crippen molar-refractivity contribution < 1.29 is 0 Å². The first-order chi connectivity index (χ1) is 6.76. The number of anilines is 2. The number of aromatic nitrogens is 1. The molecule has 0 bridgehead atoms. The van der Waals surface area contributed by atoms with Gasteiger partial charge in [0.05, 0.1) is 0 Å². The monoisotopic (exact) mass is 211 g/mol. The number of nitrogens with one attached hydrogen (secondary N) is 2. The highest BCUT2D eigenvalue weighted by Gasteiger charge is 2.01. The highest BCUT2D eigenvalue weighted by molar-refractivity contribution is 7.98. The fraction of sp³-hybridized carbons (Fsp3) is 0.500. The van der Waals surface area contributed by atoms with E-state index in [2.05, 4.69) is 28.8 Å². The molecule has 0 aliphatic rings. The van der Waals surface area contributed by atoms with Gasteiger partial charge in [-0.05, 0) is 25.3 Å². The van der Waals surface area contributed by atoms with Gasteiger partial charge in [0, 0.05) is 18.8 Å². The Kier molecular flexibility index (Phi) is 4.59. The van der Waals surface area contributed by atoms with E-state index in [1.807, 2.05) is 37.0 Å². The topological polar surface area (TPSA) is 37.0 Å². The summed E-state index contributed by atoms with van der Waals surface area (Å²) >= 11 is 1.83. The van der Waals surface area contributed by atoms with Crippen LogP contribution in [-0.4, -0.2) is 30.1 Å². The molecule has 4 heteroatoms. The maximum Gasteiger partial charge on any atom is 0.128 e. The fourth-order valence-corrected chi connectivity index (χ4v) is 1.78. The van der Waals surface area contributed by atoms with E-state index in [-0.39, 0.29) is 0 Å². The van der Waals surface area contributed by atoms with Gasteiger partial charge in [-0.2, -0.15) is 11.8 Å². The quantitative estimate of drug-likeness (QED) is 0.783. The van der Waals surface area contributed by atoms with Crippen LogP contribution in [0.15, 0.2) is 18.2 Å². The van der Waals surface area contributed by atoms with Crippen molar-refractivity contribution in [3.05, 3.63) is 18.2 Å². The van der Waals surface area contributed by atoms with E-state index in [0.717, 1.165) is 17.4 Å². The number of thioether (sulfide) groups is 1. The van der Waals surface area contributed by atoms with E-state index in [9.17, 15) is 0 Å². The van der Waals surface area contributed by atoms with E-state index in [1.54, 1.807) is 0 Å². The molecule has 0 radical (unpaired) electrons. The van der Waals surface area contributed by atoms with Gasteiger partial charge in [0.15, 0.2) is 0 Å². The standard InChI is InChI=1S/C10H17N3S/c1-8(7-14-3)12-10-6-4-5-9(11-2)13-10/h4-6,8H,7H2,1-3H3,(H2,11,12,13). The van der Waals surface area contributed by atoms with Crippen LogP contribution < -0.4 is 10.6 Å². The van der Waals surface area contributed by atoms with E-state index in [4.69, 9.17) is 0 Å². The Morgan fingerprint density at radius 1 is 1.43 bits per heavy atom. The molecule has 14 heavy (non-hydrogen) atoms. The van der Waals surface area contributed by atoms with Gasteiger partial charge >= 0.3 is 0 Å². The molecule has 1 unspecified atom stereocenters. The lowest BCUT2D eigenvalue weighted by Crippen LogP contribution is -2.18. The zero-order valence-corrected chi connectivity index (χ0v) is 9.69. The zero-order chi connectivity index (χ0) is 10.4. The van der Waals surface area contributed by atoms with Crippen molar-refractivity contribution >= 4 is 23.4 Å². The second-order valence-electron chi connectivity index (χ2n) is 3.16. The van der Waals surface area contributed by atoms with Crippen LogP contribution in [0, 0.1) is 0 Å². The number of rotatable bonds is 5. The summed E-state index contributed by atoms with van der Waals surface area (Å²) in [7, 11) is 1.87. The summed E-state index contributed by atoms with van der Waals surface area (Å²) in [5, 5.41) is 6.36. The average Bonchev–Trinajstić information content (AvgIpc) is 2.18. The van der Waals surface area contributed by atoms with E-state index < -0.39 is 0 Å². The fourth-order valence-electron chi connectivity index (χ4n) is 1.20. The summed E-state index contributed by atoms with van der Waals surface area (Å²) in [4.78, 5) is 4.38. The molecule has 2 N–H and O–H groups in total. The third-order valence-electron chi connectivity index (χ3n) is 1.82. The first kappa shape index (κ1) is 11.2. The second-order valence-corrected chi connectivity index (χ2v) is 4.07. The summed E-state index contributed by atoms with van der Waals surface area (Å²) in [6, 6.07) is 6.37. The van der Waals surface area contributed by atoms with Crippen LogP contribution in [0.5, 0.6) is 0 Å². The third kappa shape index (κ3) is 3.46. The molecular formula is C10H17N3S. The Labute approximate surface area is 89.7 Å². The minimum absolute atomic E-state index is 0.449. The molecule has 1 heterocycles. The van der Waals surface area contributed by atoms with Crippen LogP contribution in [0.25, 0.3) is 0 Å². The van der Waals surface area contributed by atoms with Crippen molar-refractivity contribution in [2.75, 3.05) is 29.7 Å². The molecule has 1 aromatic heterocycles. The minimum atomic E-state index is 0.449. The molecule has 3 nitrogen and oxygen atoms in total. The van der Waals surface area contributed by atoms with Crippen LogP contribution in [0.1, 0.15) is 6.92 Å². The molecule has 0 spiro atoms. The molecule has 0 amide bonds. The molecule has 0 aliphatic carbocycles. The minimum Gasteiger partial charge on any atom is -0.373 e. The molecular weight excluding hydrogens is 194 g/mol. The number of hydrogen-bond acceptors (Lipinski definition) is 4. The Hall–Kier alpha value is -0.900. The maximum atomic E-state index is 4.38. The van der Waals surface area contributed by atoms with Crippen molar-refractivity contribution in [1.29, 1.82) is 0 Å². The molecule has 0 aliphatic heterocycles. The molecule has 1 rings (SSSR count). The SMILES string of the molecule is CNc1cccc(NC(C)CSC)n1. The van der Waals surface area contributed by atoms with Gasteiger partial charge in [0.1, 0.15) is 11.6 Å². The molecule has 0 aromatic carbocycles. The van der Waals surface area contributed by atoms with Gasteiger partial charge in [-0.3, -0.25) is 0 Å². The highest BCUT2D eigenvalue weighted by Crippen LogP contribution is 2.10. The van der Waals surface area contributed by atoms with E-state index in [1.165, 1.54) is 0 Å². The molecule has 0 saturated heterocycles. The van der Waals surface area contributed by atoms with Crippen LogP contribution in [0.4, 0.5) is 11.6 Å². The highest BCUT2D eigenvalue weighted by atomic mass is 32.2. The lowest BCUT2D eigenvalue weighted by Gasteiger charge is -2.13. The maximum absolute atomic E-state index is 4.38. The molecule has 78 valence electrons. The summed E-state index contributed by atoms with van der Waals surface area (Å²) < 4.78 is 0. The van der Waals surface area contributed by atoms with Crippen LogP contribution in [0.3, 0.4) is 0 Å². The average molecular weight is 211 g/mol. The normalized spacial score (nSPS) is 12.2. The van der Waals surface area contributed by atoms with Crippen LogP contribution in [0.2, 0.25) is 0 Å². The van der Waals surface area contributed by atoms with Gasteiger partial charge in [0.25, 0.3) is 0 Å². The summed E-state index contributed by atoms with van der Waals surface area (Å²) in [5.41, 5.74) is 0. The Bertz CT molecular complexity index is 278. The second kappa shape index (κ2) is 5.75. The van der Waals surface area contributed by atoms with Gasteiger partial charge in [-0.25, -0.2) is 4.98 Å². The lowest BCUT2D eigenvalue weighted by molar-refractivity contribution is 0.903. The molecule has 1 aromatic rings. The van der Waals surface area contributed by atoms with Crippen molar-refractivity contribution in [3.8, 4) is 0 Å². The van der Waals surface area contributed by atoms with Crippen molar-refractivity contribution in [2.24, 2.45) is 0 Å². The Balaban J connectivity index is 2.57. The summed E-state index contributed by atoms with van der Waals surface area (Å²) in [5.74, 6) is 2.91. The Morgan fingerprint density at radius 2 is 2.14 bits per heavy atom.